The summed E-state index contributed by atoms with van der Waals surface area (Å²) in [6.07, 6.45) is 2.74. The van der Waals surface area contributed by atoms with Crippen LogP contribution in [0.1, 0.15) is 16.9 Å². The Kier molecular flexibility index (Phi) is 3.69. The lowest BCUT2D eigenvalue weighted by Gasteiger charge is -2.34. The molecule has 2 fully saturated rings. The minimum Gasteiger partial charge on any atom is -0.337 e. The van der Waals surface area contributed by atoms with Crippen LogP contribution in [0.25, 0.3) is 0 Å². The van der Waals surface area contributed by atoms with Crippen LogP contribution in [-0.4, -0.2) is 47.2 Å². The highest BCUT2D eigenvalue weighted by Crippen LogP contribution is 2.26. The average molecular weight is 257 g/mol. The lowest BCUT2D eigenvalue weighted by Crippen LogP contribution is -2.43. The first-order valence-electron chi connectivity index (χ1n) is 5.84. The molecule has 0 spiro atoms. The van der Waals surface area contributed by atoms with E-state index in [9.17, 15) is 4.79 Å². The fourth-order valence-corrected chi connectivity index (χ4v) is 2.76. The van der Waals surface area contributed by atoms with Gasteiger partial charge in [-0.2, -0.15) is 5.10 Å². The molecule has 5 nitrogen and oxygen atoms in total. The molecule has 0 bridgehead atoms. The van der Waals surface area contributed by atoms with Crippen molar-refractivity contribution in [2.75, 3.05) is 26.2 Å². The Labute approximate surface area is 106 Å². The molecule has 17 heavy (non-hydrogen) atoms. The van der Waals surface area contributed by atoms with Gasteiger partial charge in [-0.3, -0.25) is 9.89 Å². The minimum absolute atomic E-state index is 0. The number of likely N-dealkylation sites (tertiary alicyclic amines) is 1. The van der Waals surface area contributed by atoms with Gasteiger partial charge in [0, 0.05) is 19.3 Å². The Bertz CT molecular complexity index is 381. The molecule has 0 aliphatic carbocycles. The van der Waals surface area contributed by atoms with Gasteiger partial charge < -0.3 is 10.2 Å². The van der Waals surface area contributed by atoms with Crippen molar-refractivity contribution < 1.29 is 4.79 Å². The molecule has 3 rings (SSSR count). The maximum absolute atomic E-state index is 12.1. The summed E-state index contributed by atoms with van der Waals surface area (Å²) in [5, 5.41) is 9.96. The monoisotopic (exact) mass is 256 g/mol. The van der Waals surface area contributed by atoms with Crippen LogP contribution in [0.4, 0.5) is 0 Å². The van der Waals surface area contributed by atoms with Crippen molar-refractivity contribution in [1.82, 2.24) is 20.4 Å². The van der Waals surface area contributed by atoms with E-state index in [0.717, 1.165) is 38.5 Å². The molecule has 2 N–H and O–H groups in total. The number of H-pyrrole nitrogens is 1. The second kappa shape index (κ2) is 5.06. The maximum Gasteiger partial charge on any atom is 0.271 e. The summed E-state index contributed by atoms with van der Waals surface area (Å²) in [7, 11) is 0. The molecule has 2 aliphatic heterocycles. The SMILES string of the molecule is Cl.O=C(c1ccn[nH]1)N1CCC2CNCC2C1. The number of hydrogen-bond donors (Lipinski definition) is 2. The van der Waals surface area contributed by atoms with Crippen LogP contribution in [0.2, 0.25) is 0 Å². The number of aromatic nitrogens is 2. The smallest absolute Gasteiger partial charge is 0.271 e. The van der Waals surface area contributed by atoms with Gasteiger partial charge in [-0.05, 0) is 37.4 Å². The van der Waals surface area contributed by atoms with E-state index in [4.69, 9.17) is 0 Å². The van der Waals surface area contributed by atoms with E-state index >= 15 is 0 Å². The van der Waals surface area contributed by atoms with Crippen molar-refractivity contribution in [3.63, 3.8) is 0 Å². The van der Waals surface area contributed by atoms with Crippen LogP contribution in [0.5, 0.6) is 0 Å². The Morgan fingerprint density at radius 3 is 3.00 bits per heavy atom. The largest absolute Gasteiger partial charge is 0.337 e. The second-order valence-electron chi connectivity index (χ2n) is 4.69. The molecule has 0 aromatic carbocycles. The number of nitrogens with one attached hydrogen (secondary N) is 2. The predicted octanol–water partition coefficient (Wildman–Crippen LogP) is 0.513. The summed E-state index contributed by atoms with van der Waals surface area (Å²) >= 11 is 0. The number of aromatic amines is 1. The van der Waals surface area contributed by atoms with Gasteiger partial charge >= 0.3 is 0 Å². The zero-order valence-electron chi connectivity index (χ0n) is 9.56. The first-order valence-corrected chi connectivity index (χ1v) is 5.84. The average Bonchev–Trinajstić information content (AvgIpc) is 2.98. The fourth-order valence-electron chi connectivity index (χ4n) is 2.76. The zero-order chi connectivity index (χ0) is 11.0. The quantitative estimate of drug-likeness (QED) is 0.770. The molecule has 2 atom stereocenters. The molecule has 1 aromatic rings. The highest BCUT2D eigenvalue weighted by atomic mass is 35.5. The first kappa shape index (κ1) is 12.4. The van der Waals surface area contributed by atoms with Gasteiger partial charge in [0.15, 0.2) is 0 Å². The molecule has 0 saturated carbocycles. The number of hydrogen-bond acceptors (Lipinski definition) is 3. The van der Waals surface area contributed by atoms with E-state index in [1.807, 2.05) is 4.90 Å². The van der Waals surface area contributed by atoms with E-state index in [1.54, 1.807) is 12.3 Å². The third-order valence-electron chi connectivity index (χ3n) is 3.72. The van der Waals surface area contributed by atoms with Gasteiger partial charge in [0.1, 0.15) is 5.69 Å². The van der Waals surface area contributed by atoms with Crippen molar-refractivity contribution in [2.24, 2.45) is 11.8 Å². The summed E-state index contributed by atoms with van der Waals surface area (Å²) < 4.78 is 0. The highest BCUT2D eigenvalue weighted by Gasteiger charge is 2.34. The van der Waals surface area contributed by atoms with Crippen LogP contribution < -0.4 is 5.32 Å². The van der Waals surface area contributed by atoms with Gasteiger partial charge in [-0.1, -0.05) is 0 Å². The number of fused-ring (bicyclic) bond motifs is 1. The number of amides is 1. The lowest BCUT2D eigenvalue weighted by atomic mass is 9.88. The van der Waals surface area contributed by atoms with Gasteiger partial charge in [0.2, 0.25) is 0 Å². The molecule has 2 saturated heterocycles. The van der Waals surface area contributed by atoms with Crippen molar-refractivity contribution in [1.29, 1.82) is 0 Å². The normalized spacial score (nSPS) is 27.4. The van der Waals surface area contributed by atoms with E-state index in [2.05, 4.69) is 15.5 Å². The van der Waals surface area contributed by atoms with Crippen molar-refractivity contribution >= 4 is 18.3 Å². The number of carbonyl (C=O) groups excluding carboxylic acids is 1. The van der Waals surface area contributed by atoms with Gasteiger partial charge in [-0.25, -0.2) is 0 Å². The molecule has 2 aliphatic rings. The number of rotatable bonds is 1. The summed E-state index contributed by atoms with van der Waals surface area (Å²) in [5.74, 6) is 1.49. The summed E-state index contributed by atoms with van der Waals surface area (Å²) in [6, 6.07) is 1.74. The van der Waals surface area contributed by atoms with E-state index in [-0.39, 0.29) is 18.3 Å². The molecule has 1 aromatic heterocycles. The molecule has 2 unspecified atom stereocenters. The molecule has 1 amide bonds. The number of halogens is 1. The standard InChI is InChI=1S/C11H16N4O.ClH/c16-11(10-1-3-13-14-10)15-4-2-8-5-12-6-9(8)7-15;/h1,3,8-9,12H,2,4-7H2,(H,13,14);1H. The number of piperidine rings is 1. The van der Waals surface area contributed by atoms with Gasteiger partial charge in [-0.15, -0.1) is 12.4 Å². The zero-order valence-corrected chi connectivity index (χ0v) is 10.4. The Morgan fingerprint density at radius 2 is 2.24 bits per heavy atom. The van der Waals surface area contributed by atoms with Crippen molar-refractivity contribution in [2.45, 2.75) is 6.42 Å². The molecular weight excluding hydrogens is 240 g/mol. The molecule has 94 valence electrons. The van der Waals surface area contributed by atoms with Crippen molar-refractivity contribution in [3.05, 3.63) is 18.0 Å². The lowest BCUT2D eigenvalue weighted by molar-refractivity contribution is 0.0636. The third-order valence-corrected chi connectivity index (χ3v) is 3.72. The van der Waals surface area contributed by atoms with E-state index < -0.39 is 0 Å². The Hall–Kier alpha value is -1.07. The summed E-state index contributed by atoms with van der Waals surface area (Å²) in [5.41, 5.74) is 0.601. The van der Waals surface area contributed by atoms with Crippen molar-refractivity contribution in [3.8, 4) is 0 Å². The van der Waals surface area contributed by atoms with Gasteiger partial charge in [0.05, 0.1) is 0 Å². The molecule has 6 heteroatoms. The Balaban J connectivity index is 0.00000108. The fraction of sp³-hybridized carbons (Fsp3) is 0.636. The topological polar surface area (TPSA) is 61.0 Å². The number of nitrogens with zero attached hydrogens (tertiary/aromatic N) is 2. The van der Waals surface area contributed by atoms with Gasteiger partial charge in [0.25, 0.3) is 5.91 Å². The molecule has 0 radical (unpaired) electrons. The van der Waals surface area contributed by atoms with Crippen LogP contribution >= 0.6 is 12.4 Å². The molecular formula is C11H17ClN4O. The first-order chi connectivity index (χ1) is 7.84. The maximum atomic E-state index is 12.1. The summed E-state index contributed by atoms with van der Waals surface area (Å²) in [6.45, 7) is 3.93. The third kappa shape index (κ3) is 2.30. The van der Waals surface area contributed by atoms with E-state index in [0.29, 0.717) is 11.6 Å². The Morgan fingerprint density at radius 1 is 1.41 bits per heavy atom. The van der Waals surface area contributed by atoms with E-state index in [1.165, 1.54) is 0 Å². The molecule has 3 heterocycles. The number of carbonyl (C=O) groups is 1. The van der Waals surface area contributed by atoms with Crippen LogP contribution in [0.15, 0.2) is 12.3 Å². The minimum atomic E-state index is 0. The summed E-state index contributed by atoms with van der Waals surface area (Å²) in [4.78, 5) is 14.0. The van der Waals surface area contributed by atoms with Crippen LogP contribution in [-0.2, 0) is 0 Å². The highest BCUT2D eigenvalue weighted by molar-refractivity contribution is 5.92. The van der Waals surface area contributed by atoms with Crippen LogP contribution in [0.3, 0.4) is 0 Å². The second-order valence-corrected chi connectivity index (χ2v) is 4.69. The van der Waals surface area contributed by atoms with Crippen LogP contribution in [0, 0.1) is 11.8 Å². The predicted molar refractivity (Wildman–Crippen MR) is 66.2 cm³/mol.